The minimum atomic E-state index is -1.21. The summed E-state index contributed by atoms with van der Waals surface area (Å²) in [5, 5.41) is 0. The number of nitrogens with zero attached hydrogens (tertiary/aromatic N) is 1. The average Bonchev–Trinajstić information content (AvgIpc) is 3.06. The number of furan rings is 1. The quantitative estimate of drug-likeness (QED) is 0.781. The van der Waals surface area contributed by atoms with Gasteiger partial charge < -0.3 is 9.32 Å². The maximum atomic E-state index is 12.9. The Balaban J connectivity index is 2.04. The molecule has 0 spiro atoms. The number of anilines is 1. The van der Waals surface area contributed by atoms with Crippen LogP contribution in [0.3, 0.4) is 0 Å². The Hall–Kier alpha value is -1.59. The molecule has 3 rings (SSSR count). The van der Waals surface area contributed by atoms with E-state index in [4.69, 9.17) is 4.42 Å². The molecule has 0 saturated carbocycles. The molecule has 5 heteroatoms. The van der Waals surface area contributed by atoms with Crippen LogP contribution >= 0.6 is 0 Å². The molecule has 2 heterocycles. The Morgan fingerprint density at radius 3 is 2.37 bits per heavy atom. The van der Waals surface area contributed by atoms with Crippen LogP contribution in [0.4, 0.5) is 5.69 Å². The van der Waals surface area contributed by atoms with Gasteiger partial charge in [-0.05, 0) is 77.6 Å². The molecule has 1 aromatic carbocycles. The van der Waals surface area contributed by atoms with E-state index in [1.54, 1.807) is 0 Å². The summed E-state index contributed by atoms with van der Waals surface area (Å²) in [5.41, 5.74) is 3.60. The van der Waals surface area contributed by atoms with Gasteiger partial charge in [-0.1, -0.05) is 12.1 Å². The first-order chi connectivity index (χ1) is 12.8. The summed E-state index contributed by atoms with van der Waals surface area (Å²) < 4.78 is 21.9. The Labute approximate surface area is 165 Å². The first-order valence-electron chi connectivity index (χ1n) is 9.85. The minimum absolute atomic E-state index is 0.240. The maximum Gasteiger partial charge on any atom is 0.126 e. The van der Waals surface area contributed by atoms with Crippen molar-refractivity contribution in [2.75, 3.05) is 18.0 Å². The summed E-state index contributed by atoms with van der Waals surface area (Å²) in [6.45, 7) is 12.2. The zero-order valence-corrected chi connectivity index (χ0v) is 18.0. The molecule has 27 heavy (non-hydrogen) atoms. The van der Waals surface area contributed by atoms with Crippen molar-refractivity contribution in [1.29, 1.82) is 0 Å². The highest BCUT2D eigenvalue weighted by atomic mass is 32.2. The molecular weight excluding hydrogens is 356 g/mol. The molecule has 1 aliphatic rings. The standard InChI is InChI=1S/C22H32N2O2S/c1-16-9-11-18(19(15-16)24-13-7-6-8-14-24)21(20-12-10-17(2)26-20)23-27(25)22(3,4)5/h9-12,15,21,23H,6-8,13-14H2,1-5H3/t21-,27?/m0/s1. The Bertz CT molecular complexity index is 801. The lowest BCUT2D eigenvalue weighted by atomic mass is 9.99. The van der Waals surface area contributed by atoms with E-state index >= 15 is 0 Å². The molecule has 2 atom stereocenters. The Morgan fingerprint density at radius 2 is 1.78 bits per heavy atom. The van der Waals surface area contributed by atoms with Gasteiger partial charge in [0.25, 0.3) is 0 Å². The molecule has 1 saturated heterocycles. The Kier molecular flexibility index (Phi) is 6.11. The maximum absolute atomic E-state index is 12.9. The molecule has 0 aliphatic carbocycles. The van der Waals surface area contributed by atoms with Gasteiger partial charge in [0.05, 0.1) is 15.7 Å². The summed E-state index contributed by atoms with van der Waals surface area (Å²) >= 11 is 0. The van der Waals surface area contributed by atoms with Crippen molar-refractivity contribution in [3.63, 3.8) is 0 Å². The van der Waals surface area contributed by atoms with Crippen molar-refractivity contribution in [3.8, 4) is 0 Å². The predicted octanol–water partition coefficient (Wildman–Crippen LogP) is 5.03. The highest BCUT2D eigenvalue weighted by Gasteiger charge is 2.29. The molecule has 1 aromatic heterocycles. The van der Waals surface area contributed by atoms with E-state index in [2.05, 4.69) is 34.7 Å². The molecule has 0 bridgehead atoms. The summed E-state index contributed by atoms with van der Waals surface area (Å²) in [4.78, 5) is 2.47. The number of hydrogen-bond donors (Lipinski definition) is 1. The van der Waals surface area contributed by atoms with E-state index < -0.39 is 11.0 Å². The average molecular weight is 389 g/mol. The molecule has 2 aromatic rings. The SMILES string of the molecule is Cc1ccc([C@H](NS(=O)C(C)(C)C)c2ccc(C)o2)c(N2CCCCC2)c1. The number of hydrogen-bond acceptors (Lipinski definition) is 3. The third-order valence-corrected chi connectivity index (χ3v) is 6.58. The van der Waals surface area contributed by atoms with Crippen LogP contribution in [-0.2, 0) is 11.0 Å². The van der Waals surface area contributed by atoms with E-state index in [1.165, 1.54) is 30.5 Å². The molecule has 0 amide bonds. The molecule has 1 N–H and O–H groups in total. The lowest BCUT2D eigenvalue weighted by Crippen LogP contribution is -2.37. The smallest absolute Gasteiger partial charge is 0.126 e. The lowest BCUT2D eigenvalue weighted by Gasteiger charge is -2.33. The van der Waals surface area contributed by atoms with Crippen molar-refractivity contribution in [2.45, 2.75) is 64.7 Å². The van der Waals surface area contributed by atoms with Crippen LogP contribution in [0, 0.1) is 13.8 Å². The van der Waals surface area contributed by atoms with E-state index in [0.29, 0.717) is 0 Å². The van der Waals surface area contributed by atoms with Gasteiger partial charge in [-0.25, -0.2) is 8.93 Å². The summed E-state index contributed by atoms with van der Waals surface area (Å²) in [5.74, 6) is 1.68. The van der Waals surface area contributed by atoms with Crippen molar-refractivity contribution < 1.29 is 8.63 Å². The molecule has 1 aliphatic heterocycles. The fourth-order valence-electron chi connectivity index (χ4n) is 3.47. The topological polar surface area (TPSA) is 45.5 Å². The lowest BCUT2D eigenvalue weighted by molar-refractivity contribution is 0.454. The van der Waals surface area contributed by atoms with Gasteiger partial charge in [0.2, 0.25) is 0 Å². The summed E-state index contributed by atoms with van der Waals surface area (Å²) in [7, 11) is -1.21. The second kappa shape index (κ2) is 8.19. The number of rotatable bonds is 5. The van der Waals surface area contributed by atoms with Gasteiger partial charge in [0.1, 0.15) is 17.6 Å². The number of aryl methyl sites for hydroxylation is 2. The molecule has 1 unspecified atom stereocenters. The van der Waals surface area contributed by atoms with Crippen LogP contribution in [0.25, 0.3) is 0 Å². The van der Waals surface area contributed by atoms with Crippen molar-refractivity contribution in [3.05, 3.63) is 53.0 Å². The van der Waals surface area contributed by atoms with Crippen LogP contribution in [0.2, 0.25) is 0 Å². The fourth-order valence-corrected chi connectivity index (χ4v) is 4.28. The van der Waals surface area contributed by atoms with Crippen molar-refractivity contribution in [2.24, 2.45) is 0 Å². The third-order valence-electron chi connectivity index (χ3n) is 5.02. The van der Waals surface area contributed by atoms with Gasteiger partial charge >= 0.3 is 0 Å². The highest BCUT2D eigenvalue weighted by Crippen LogP contribution is 2.35. The van der Waals surface area contributed by atoms with Gasteiger partial charge in [-0.15, -0.1) is 0 Å². The number of piperidine rings is 1. The van der Waals surface area contributed by atoms with Crippen LogP contribution in [0.5, 0.6) is 0 Å². The fraction of sp³-hybridized carbons (Fsp3) is 0.545. The third kappa shape index (κ3) is 4.82. The molecule has 4 nitrogen and oxygen atoms in total. The van der Waals surface area contributed by atoms with Crippen molar-refractivity contribution >= 4 is 16.7 Å². The van der Waals surface area contributed by atoms with Gasteiger partial charge in [0, 0.05) is 24.3 Å². The molecule has 1 fully saturated rings. The van der Waals surface area contributed by atoms with E-state index in [-0.39, 0.29) is 10.8 Å². The molecular formula is C22H32N2O2S. The van der Waals surface area contributed by atoms with Crippen LogP contribution < -0.4 is 9.62 Å². The van der Waals surface area contributed by atoms with E-state index in [1.807, 2.05) is 39.8 Å². The monoisotopic (exact) mass is 388 g/mol. The zero-order chi connectivity index (χ0) is 19.6. The first-order valence-corrected chi connectivity index (χ1v) is 11.0. The van der Waals surface area contributed by atoms with E-state index in [0.717, 1.165) is 30.2 Å². The second-order valence-electron chi connectivity index (χ2n) is 8.49. The second-order valence-corrected chi connectivity index (χ2v) is 10.5. The summed E-state index contributed by atoms with van der Waals surface area (Å²) in [6, 6.07) is 10.3. The number of benzene rings is 1. The Morgan fingerprint density at radius 1 is 1.07 bits per heavy atom. The zero-order valence-electron chi connectivity index (χ0n) is 17.2. The first kappa shape index (κ1) is 20.2. The van der Waals surface area contributed by atoms with Crippen LogP contribution in [0.15, 0.2) is 34.7 Å². The van der Waals surface area contributed by atoms with Crippen LogP contribution in [-0.4, -0.2) is 22.0 Å². The van der Waals surface area contributed by atoms with E-state index in [9.17, 15) is 4.21 Å². The van der Waals surface area contributed by atoms with Crippen LogP contribution in [0.1, 0.15) is 68.7 Å². The van der Waals surface area contributed by atoms with Crippen molar-refractivity contribution in [1.82, 2.24) is 4.72 Å². The number of nitrogens with one attached hydrogen (secondary N) is 1. The normalized spacial score (nSPS) is 17.7. The molecule has 148 valence electrons. The highest BCUT2D eigenvalue weighted by molar-refractivity contribution is 7.84. The van der Waals surface area contributed by atoms with Gasteiger partial charge in [-0.3, -0.25) is 0 Å². The minimum Gasteiger partial charge on any atom is -0.464 e. The van der Waals surface area contributed by atoms with Gasteiger partial charge in [-0.2, -0.15) is 0 Å². The van der Waals surface area contributed by atoms with Gasteiger partial charge in [0.15, 0.2) is 0 Å². The predicted molar refractivity (Wildman–Crippen MR) is 114 cm³/mol. The largest absolute Gasteiger partial charge is 0.464 e. The summed E-state index contributed by atoms with van der Waals surface area (Å²) in [6.07, 6.45) is 3.74. The molecule has 0 radical (unpaired) electrons.